The van der Waals surface area contributed by atoms with Gasteiger partial charge >= 0.3 is 71.8 Å². The second-order valence-corrected chi connectivity index (χ2v) is 41.9. The Morgan fingerprint density at radius 3 is 1.16 bits per heavy atom. The van der Waals surface area contributed by atoms with Crippen LogP contribution in [-0.4, -0.2) is 221 Å². The molecule has 4 atom stereocenters. The van der Waals surface area contributed by atoms with E-state index in [0.717, 1.165) is 40.7 Å². The Morgan fingerprint density at radius 1 is 0.459 bits per heavy atom. The zero-order valence-corrected chi connectivity index (χ0v) is 94.8. The minimum absolute atomic E-state index is 0. The van der Waals surface area contributed by atoms with Crippen molar-refractivity contribution in [3.8, 4) is 17.5 Å². The van der Waals surface area contributed by atoms with Crippen molar-refractivity contribution in [2.75, 3.05) is 93.2 Å². The largest absolute Gasteiger partial charge is 1.00 e. The van der Waals surface area contributed by atoms with Crippen molar-refractivity contribution in [2.24, 2.45) is 0 Å². The molecule has 30 nitrogen and oxygen atoms in total. The monoisotopic (exact) mass is 2420 g/mol. The first-order valence-corrected chi connectivity index (χ1v) is 50.5. The number of carbonyl (C=O) groups is 5. The number of aldehydes is 1. The van der Waals surface area contributed by atoms with Gasteiger partial charge < -0.3 is 83.2 Å². The van der Waals surface area contributed by atoms with Crippen molar-refractivity contribution in [3.63, 3.8) is 0 Å². The summed E-state index contributed by atoms with van der Waals surface area (Å²) < 4.78 is 95.0. The second-order valence-electron chi connectivity index (χ2n) is 36.0. The van der Waals surface area contributed by atoms with Crippen LogP contribution in [-0.2, 0) is 50.2 Å². The van der Waals surface area contributed by atoms with Crippen LogP contribution in [0.2, 0.25) is 35.8 Å². The van der Waals surface area contributed by atoms with E-state index < -0.39 is 46.6 Å². The van der Waals surface area contributed by atoms with Gasteiger partial charge in [-0.1, -0.05) is 208 Å². The standard InChI is InChI=1S/C29H36BrClN4O4.C21H18BrCl2FN4O2.C21H20BrClN4O4.C13H18N2O2.C8HBrCl3FN2.C4H9O.C2HF3O.CH4.Na/c1-18-16-34(27(36)37-17-19-11-9-8-10-12-19)13-14-35(18)25-20-15-21(31)22(30)24(38-28(2,3)4)23(20)32-26(33-25)39-29(5,6)7;1-12-10-28(21(30)31-11-13-5-3-2-4-6-13)7-8-29(12)19-14-9-15(23)16(22)17(25)18(14)26-20(24)27-19;1-12-10-26(21(30)31-11-13-5-3-2-4-6-13)7-8-27(12)19-14-9-15(23)16(22)18(28)17(14)24-20(29)25-19;1-11-9-15(8-7-14-11)13(16)17-10-12-5-3-2-4-6-12;9-4-3(10)1-2-6(5(4)13)14-8(12)15-7(2)11;1-4(2,3)5;3-2(4,5)1-6;;/h8-12,15,18H,13-14,16-17H2,1-7H3;2-6,9,12H,7-8,10-11H2,1H3;2-6,9,12,28H,7-8,10-11H2,1H3,(H,24,25,29);2-6,11,14H,7-10H2,1H3;1H;1-3H3;1H;1H4;/q;;;;;-1;;;+1/t18-;2*12-;11-;;;;;/m0000...../s1. The van der Waals surface area contributed by atoms with E-state index >= 15 is 0 Å². The van der Waals surface area contributed by atoms with Gasteiger partial charge in [0.25, 0.3) is 0 Å². The Kier molecular flexibility index (Phi) is 46.1. The molecule has 0 unspecified atom stereocenters. The SMILES string of the molecule is C.CC(C)(C)[O-].C[C@H]1CN(C(=O)OCc2ccccc2)CCN1.C[C@H]1CN(C(=O)OCc2ccccc2)CCN1c1nc(=O)[nH]c2c(O)c(Br)c(Cl)cc12.C[C@H]1CN(C(=O)OCc2ccccc2)CCN1c1nc(Cl)nc2c(F)c(Br)c(Cl)cc12.C[C@H]1CN(C(=O)OCc2ccccc2)CCN1c1nc(OC(C)(C)C)nc2c(OC(C)(C)C)c(Br)c(Cl)cc12.Fc1c(Br)c(Cl)cc2c(Cl)nc(Cl)nc12.O=CC(F)(F)F.[Na+]. The van der Waals surface area contributed by atoms with Crippen LogP contribution >= 0.6 is 145 Å². The molecular weight excluding hydrogens is 2320 g/mol. The molecule has 4 fully saturated rings. The molecule has 4 saturated heterocycles. The number of hydrogen-bond donors (Lipinski definition) is 3. The quantitative estimate of drug-likeness (QED) is 0.0184. The molecule has 47 heteroatoms. The number of nitrogens with one attached hydrogen (secondary N) is 2. The van der Waals surface area contributed by atoms with E-state index in [-0.39, 0.29) is 162 Å². The first kappa shape index (κ1) is 122. The molecule has 3 N–H and O–H groups in total. The Morgan fingerprint density at radius 2 is 0.788 bits per heavy atom. The van der Waals surface area contributed by atoms with Gasteiger partial charge in [-0.05, 0) is 203 Å². The number of H-pyrrole nitrogens is 1. The van der Waals surface area contributed by atoms with Crippen molar-refractivity contribution < 1.29 is 114 Å². The molecule has 4 aliphatic heterocycles. The maximum atomic E-state index is 14.7. The van der Waals surface area contributed by atoms with Gasteiger partial charge in [0.15, 0.2) is 23.1 Å². The number of benzene rings is 8. The van der Waals surface area contributed by atoms with Crippen molar-refractivity contribution in [1.29, 1.82) is 0 Å². The molecule has 4 aromatic heterocycles. The number of hydrogen-bond acceptors (Lipinski definition) is 25. The van der Waals surface area contributed by atoms with Crippen LogP contribution in [0, 0.1) is 11.6 Å². The van der Waals surface area contributed by atoms with E-state index in [4.69, 9.17) is 124 Å². The number of piperazine rings is 4. The zero-order valence-electron chi connectivity index (χ0n) is 81.1. The number of phenolic OH excluding ortho intramolecular Hbond substituents is 1. The van der Waals surface area contributed by atoms with Gasteiger partial charge in [0.2, 0.25) is 16.9 Å². The molecule has 4 amide bonds. The van der Waals surface area contributed by atoms with Crippen LogP contribution in [0.3, 0.4) is 0 Å². The number of fused-ring (bicyclic) bond motifs is 4. The summed E-state index contributed by atoms with van der Waals surface area (Å²) in [5, 5.41) is 27.0. The summed E-state index contributed by atoms with van der Waals surface area (Å²) in [4.78, 5) is 115. The van der Waals surface area contributed by atoms with E-state index in [0.29, 0.717) is 142 Å². The van der Waals surface area contributed by atoms with Crippen LogP contribution in [0.5, 0.6) is 17.5 Å². The minimum Gasteiger partial charge on any atom is -0.850 e. The number of carbonyl (C=O) groups excluding carboxylic acids is 5. The van der Waals surface area contributed by atoms with Crippen molar-refractivity contribution >= 4 is 237 Å². The molecule has 146 heavy (non-hydrogen) atoms. The Bertz CT molecular complexity index is 6580. The van der Waals surface area contributed by atoms with Gasteiger partial charge in [-0.15, -0.1) is 5.60 Å². The van der Waals surface area contributed by atoms with Gasteiger partial charge in [-0.2, -0.15) is 33.1 Å². The number of anilines is 3. The average Bonchev–Trinajstić information content (AvgIpc) is 0.733. The summed E-state index contributed by atoms with van der Waals surface area (Å²) in [6.45, 7) is 32.0. The van der Waals surface area contributed by atoms with Crippen LogP contribution in [0.25, 0.3) is 43.6 Å². The second kappa shape index (κ2) is 55.1. The Labute approximate surface area is 932 Å². The first-order chi connectivity index (χ1) is 67.7. The fourth-order valence-corrected chi connectivity index (χ4v) is 17.3. The average molecular weight is 2430 g/mol. The van der Waals surface area contributed by atoms with E-state index in [1.807, 2.05) is 193 Å². The van der Waals surface area contributed by atoms with Crippen LogP contribution in [0.1, 0.15) is 120 Å². The van der Waals surface area contributed by atoms with E-state index in [2.05, 4.69) is 118 Å². The summed E-state index contributed by atoms with van der Waals surface area (Å²) in [7, 11) is 0. The number of alkyl halides is 3. The summed E-state index contributed by atoms with van der Waals surface area (Å²) in [5.41, 5.74) is 2.46. The predicted octanol–water partition coefficient (Wildman–Crippen LogP) is 21.5. The number of rotatable bonds is 13. The number of aromatic nitrogens is 8. The van der Waals surface area contributed by atoms with Crippen LogP contribution < -0.4 is 69.8 Å². The summed E-state index contributed by atoms with van der Waals surface area (Å²) >= 11 is 55.2. The molecule has 16 rings (SSSR count). The number of amides is 4. The van der Waals surface area contributed by atoms with Crippen molar-refractivity contribution in [3.05, 3.63) is 244 Å². The third-order valence-corrected chi connectivity index (χ3v) is 26.9. The van der Waals surface area contributed by atoms with E-state index in [1.54, 1.807) is 52.5 Å². The molecule has 8 heterocycles. The number of ether oxygens (including phenoxy) is 6. The maximum Gasteiger partial charge on any atom is 1.00 e. The fraction of sp³-hybridized carbons (Fsp3) is 0.384. The number of halogens is 16. The summed E-state index contributed by atoms with van der Waals surface area (Å²) in [6.07, 6.45) is -7.01. The van der Waals surface area contributed by atoms with Gasteiger partial charge in [0.05, 0.1) is 43.5 Å². The van der Waals surface area contributed by atoms with Gasteiger partial charge in [0, 0.05) is 124 Å². The molecule has 0 spiro atoms. The van der Waals surface area contributed by atoms with Gasteiger partial charge in [-0.25, -0.2) is 47.7 Å². The molecule has 8 aromatic carbocycles. The zero-order chi connectivity index (χ0) is 106. The van der Waals surface area contributed by atoms with Crippen LogP contribution in [0.15, 0.2) is 168 Å². The molecule has 4 aliphatic rings. The molecule has 780 valence electrons. The Balaban J connectivity index is 0.000000223. The molecular formula is C99H107Br4Cl7F5N16NaO14. The third kappa shape index (κ3) is 35.6. The van der Waals surface area contributed by atoms with Crippen LogP contribution in [0.4, 0.5) is 58.6 Å². The predicted molar refractivity (Wildman–Crippen MR) is 568 cm³/mol. The van der Waals surface area contributed by atoms with Gasteiger partial charge in [0.1, 0.15) is 76.8 Å². The van der Waals surface area contributed by atoms with Crippen molar-refractivity contribution in [2.45, 2.75) is 171 Å². The first-order valence-electron chi connectivity index (χ1n) is 44.7. The molecule has 0 aliphatic carbocycles. The normalized spacial score (nSPS) is 15.8. The summed E-state index contributed by atoms with van der Waals surface area (Å²) in [5.74, 6) is 0.744. The summed E-state index contributed by atoms with van der Waals surface area (Å²) in [6, 6.07) is 45.3. The molecule has 0 radical (unpaired) electrons. The molecule has 0 bridgehead atoms. The number of aromatic hydroxyl groups is 1. The minimum atomic E-state index is -4.64. The fourth-order valence-electron chi connectivity index (χ4n) is 14.6. The molecule has 12 aromatic rings. The Hall–Kier alpha value is -9.01. The van der Waals surface area contributed by atoms with Crippen molar-refractivity contribution in [1.82, 2.24) is 64.8 Å². The van der Waals surface area contributed by atoms with E-state index in [1.165, 1.54) is 6.07 Å². The topological polar surface area (TPSA) is 342 Å². The number of aromatic amines is 1. The smallest absolute Gasteiger partial charge is 0.850 e. The number of phenols is 1. The van der Waals surface area contributed by atoms with Gasteiger partial charge in [-0.3, -0.25) is 4.79 Å². The maximum absolute atomic E-state index is 14.7. The third-order valence-electron chi connectivity index (χ3n) is 21.1. The molecule has 0 saturated carbocycles. The van der Waals surface area contributed by atoms with E-state index in [9.17, 15) is 56.1 Å². The number of nitrogens with zero attached hydrogens (tertiary/aromatic N) is 14.